The van der Waals surface area contributed by atoms with E-state index in [2.05, 4.69) is 39.5 Å². The molecule has 0 aliphatic carbocycles. The fourth-order valence-electron chi connectivity index (χ4n) is 1.88. The molecule has 0 N–H and O–H groups in total. The molecule has 0 aromatic heterocycles. The quantitative estimate of drug-likeness (QED) is 0.538. The Hall–Kier alpha value is -0.0400. The van der Waals surface area contributed by atoms with E-state index in [1.165, 1.54) is 38.9 Å². The van der Waals surface area contributed by atoms with E-state index in [-0.39, 0.29) is 0 Å². The lowest BCUT2D eigenvalue weighted by Crippen LogP contribution is -2.32. The second kappa shape index (κ2) is 8.28. The van der Waals surface area contributed by atoms with Gasteiger partial charge in [-0.15, -0.1) is 0 Å². The van der Waals surface area contributed by atoms with Crippen molar-refractivity contribution in [2.45, 2.75) is 53.9 Å². The van der Waals surface area contributed by atoms with Crippen molar-refractivity contribution < 1.29 is 0 Å². The molecule has 0 heterocycles. The SMILES string of the molecule is CCCCCN(CC(C)C)CC(C)C. The molecule has 0 saturated heterocycles. The first-order valence-corrected chi connectivity index (χ1v) is 6.28. The van der Waals surface area contributed by atoms with Crippen LogP contribution in [0.4, 0.5) is 0 Å². The molecule has 0 rings (SSSR count). The number of rotatable bonds is 8. The zero-order chi connectivity index (χ0) is 11.0. The van der Waals surface area contributed by atoms with E-state index in [0.717, 1.165) is 11.8 Å². The zero-order valence-corrected chi connectivity index (χ0v) is 10.8. The van der Waals surface area contributed by atoms with Crippen LogP contribution in [0.3, 0.4) is 0 Å². The van der Waals surface area contributed by atoms with E-state index in [1.807, 2.05) is 0 Å². The minimum absolute atomic E-state index is 0.801. The van der Waals surface area contributed by atoms with Crippen LogP contribution in [0.15, 0.2) is 0 Å². The average molecular weight is 199 g/mol. The maximum Gasteiger partial charge on any atom is 0.000449 e. The molecular formula is C13H29N. The minimum atomic E-state index is 0.801. The molecule has 0 spiro atoms. The molecule has 1 nitrogen and oxygen atoms in total. The van der Waals surface area contributed by atoms with E-state index in [1.54, 1.807) is 0 Å². The van der Waals surface area contributed by atoms with E-state index in [4.69, 9.17) is 0 Å². The molecule has 0 amide bonds. The maximum absolute atomic E-state index is 2.63. The maximum atomic E-state index is 2.63. The highest BCUT2D eigenvalue weighted by Crippen LogP contribution is 2.06. The van der Waals surface area contributed by atoms with Crippen LogP contribution in [0.2, 0.25) is 0 Å². The highest BCUT2D eigenvalue weighted by molar-refractivity contribution is 4.62. The molecule has 14 heavy (non-hydrogen) atoms. The Kier molecular flexibility index (Phi) is 8.26. The zero-order valence-electron chi connectivity index (χ0n) is 10.8. The number of unbranched alkanes of at least 4 members (excludes halogenated alkanes) is 2. The van der Waals surface area contributed by atoms with Crippen molar-refractivity contribution in [1.29, 1.82) is 0 Å². The molecule has 0 aliphatic heterocycles. The first-order valence-electron chi connectivity index (χ1n) is 6.28. The van der Waals surface area contributed by atoms with Gasteiger partial charge in [0, 0.05) is 13.1 Å². The fraction of sp³-hybridized carbons (Fsp3) is 1.00. The molecule has 0 aromatic rings. The summed E-state index contributed by atoms with van der Waals surface area (Å²) in [6.45, 7) is 15.4. The lowest BCUT2D eigenvalue weighted by molar-refractivity contribution is 0.215. The van der Waals surface area contributed by atoms with Crippen molar-refractivity contribution in [3.05, 3.63) is 0 Å². The lowest BCUT2D eigenvalue weighted by Gasteiger charge is -2.25. The van der Waals surface area contributed by atoms with Crippen LogP contribution in [-0.4, -0.2) is 24.5 Å². The predicted octanol–water partition coefficient (Wildman–Crippen LogP) is 3.79. The van der Waals surface area contributed by atoms with Crippen LogP contribution in [0.1, 0.15) is 53.9 Å². The normalized spacial score (nSPS) is 12.0. The van der Waals surface area contributed by atoms with E-state index in [0.29, 0.717) is 0 Å². The molecular weight excluding hydrogens is 170 g/mol. The second-order valence-electron chi connectivity index (χ2n) is 5.25. The second-order valence-corrected chi connectivity index (χ2v) is 5.25. The number of hydrogen-bond acceptors (Lipinski definition) is 1. The lowest BCUT2D eigenvalue weighted by atomic mass is 10.1. The van der Waals surface area contributed by atoms with Crippen molar-refractivity contribution in [2.24, 2.45) is 11.8 Å². The summed E-state index contributed by atoms with van der Waals surface area (Å²) in [4.78, 5) is 2.63. The van der Waals surface area contributed by atoms with Gasteiger partial charge in [-0.2, -0.15) is 0 Å². The van der Waals surface area contributed by atoms with Crippen LogP contribution in [-0.2, 0) is 0 Å². The minimum Gasteiger partial charge on any atom is -0.303 e. The third kappa shape index (κ3) is 8.55. The summed E-state index contributed by atoms with van der Waals surface area (Å²) in [6.07, 6.45) is 4.08. The highest BCUT2D eigenvalue weighted by atomic mass is 15.1. The van der Waals surface area contributed by atoms with Crippen molar-refractivity contribution in [3.63, 3.8) is 0 Å². The van der Waals surface area contributed by atoms with E-state index < -0.39 is 0 Å². The van der Waals surface area contributed by atoms with Crippen LogP contribution in [0.5, 0.6) is 0 Å². The van der Waals surface area contributed by atoms with Gasteiger partial charge in [0.1, 0.15) is 0 Å². The smallest absolute Gasteiger partial charge is 0.000449 e. The van der Waals surface area contributed by atoms with Gasteiger partial charge < -0.3 is 4.90 Å². The topological polar surface area (TPSA) is 3.24 Å². The van der Waals surface area contributed by atoms with Crippen LogP contribution < -0.4 is 0 Å². The van der Waals surface area contributed by atoms with Crippen LogP contribution >= 0.6 is 0 Å². The summed E-state index contributed by atoms with van der Waals surface area (Å²) in [5, 5.41) is 0. The summed E-state index contributed by atoms with van der Waals surface area (Å²) in [6, 6.07) is 0. The Labute approximate surface area is 90.9 Å². The first kappa shape index (κ1) is 14.0. The van der Waals surface area contributed by atoms with Crippen molar-refractivity contribution in [1.82, 2.24) is 4.90 Å². The summed E-state index contributed by atoms with van der Waals surface area (Å²) in [5.74, 6) is 1.60. The molecule has 0 aromatic carbocycles. The van der Waals surface area contributed by atoms with E-state index in [9.17, 15) is 0 Å². The molecule has 0 radical (unpaired) electrons. The van der Waals surface area contributed by atoms with Gasteiger partial charge in [0.15, 0.2) is 0 Å². The molecule has 0 bridgehead atoms. The Morgan fingerprint density at radius 3 is 1.71 bits per heavy atom. The van der Waals surface area contributed by atoms with Gasteiger partial charge in [-0.3, -0.25) is 0 Å². The molecule has 0 fully saturated rings. The summed E-state index contributed by atoms with van der Waals surface area (Å²) in [5.41, 5.74) is 0. The number of nitrogens with zero attached hydrogens (tertiary/aromatic N) is 1. The largest absolute Gasteiger partial charge is 0.303 e. The Bertz CT molecular complexity index is 108. The standard InChI is InChI=1S/C13H29N/c1-6-7-8-9-14(10-12(2)3)11-13(4)5/h12-13H,6-11H2,1-5H3. The Morgan fingerprint density at radius 1 is 0.857 bits per heavy atom. The molecule has 0 unspecified atom stereocenters. The van der Waals surface area contributed by atoms with Crippen molar-refractivity contribution >= 4 is 0 Å². The fourth-order valence-corrected chi connectivity index (χ4v) is 1.88. The summed E-state index contributed by atoms with van der Waals surface area (Å²) < 4.78 is 0. The third-order valence-corrected chi connectivity index (χ3v) is 2.32. The Balaban J connectivity index is 3.72. The van der Waals surface area contributed by atoms with Gasteiger partial charge in [-0.25, -0.2) is 0 Å². The summed E-state index contributed by atoms with van der Waals surface area (Å²) in [7, 11) is 0. The molecule has 0 saturated carbocycles. The first-order chi connectivity index (χ1) is 6.56. The van der Waals surface area contributed by atoms with Gasteiger partial charge >= 0.3 is 0 Å². The monoisotopic (exact) mass is 199 g/mol. The van der Waals surface area contributed by atoms with Crippen molar-refractivity contribution in [3.8, 4) is 0 Å². The Morgan fingerprint density at radius 2 is 1.36 bits per heavy atom. The van der Waals surface area contributed by atoms with Gasteiger partial charge in [-0.05, 0) is 24.8 Å². The average Bonchev–Trinajstić information content (AvgIpc) is 2.02. The molecule has 0 aliphatic rings. The van der Waals surface area contributed by atoms with Gasteiger partial charge in [0.25, 0.3) is 0 Å². The predicted molar refractivity (Wildman–Crippen MR) is 65.6 cm³/mol. The number of hydrogen-bond donors (Lipinski definition) is 0. The van der Waals surface area contributed by atoms with Gasteiger partial charge in [0.2, 0.25) is 0 Å². The van der Waals surface area contributed by atoms with Crippen molar-refractivity contribution in [2.75, 3.05) is 19.6 Å². The summed E-state index contributed by atoms with van der Waals surface area (Å²) >= 11 is 0. The highest BCUT2D eigenvalue weighted by Gasteiger charge is 2.08. The molecule has 1 heteroatoms. The molecule has 86 valence electrons. The third-order valence-electron chi connectivity index (χ3n) is 2.32. The van der Waals surface area contributed by atoms with Gasteiger partial charge in [0.05, 0.1) is 0 Å². The molecule has 0 atom stereocenters. The van der Waals surface area contributed by atoms with E-state index >= 15 is 0 Å². The van der Waals surface area contributed by atoms with Crippen LogP contribution in [0, 0.1) is 11.8 Å². The van der Waals surface area contributed by atoms with Gasteiger partial charge in [-0.1, -0.05) is 47.5 Å². The van der Waals surface area contributed by atoms with Crippen LogP contribution in [0.25, 0.3) is 0 Å².